The highest BCUT2D eigenvalue weighted by Gasteiger charge is 2.12. The summed E-state index contributed by atoms with van der Waals surface area (Å²) in [6.45, 7) is 3.59. The number of hydrogen-bond acceptors (Lipinski definition) is 3. The molecule has 1 aromatic rings. The van der Waals surface area contributed by atoms with E-state index in [0.717, 1.165) is 0 Å². The van der Waals surface area contributed by atoms with Crippen LogP contribution in [0, 0.1) is 6.92 Å². The molecule has 0 amide bonds. The fourth-order valence-electron chi connectivity index (χ4n) is 1.42. The fraction of sp³-hybridized carbons (Fsp3) is 0.308. The maximum Gasteiger partial charge on any atom is 0.166 e. The van der Waals surface area contributed by atoms with Crippen LogP contribution in [0.4, 0.5) is 0 Å². The number of aromatic hydroxyl groups is 2. The SMILES string of the molecule is C/C=C/CCC(=O)c1cc(C)c(O)cc1O. The maximum absolute atomic E-state index is 11.7. The molecule has 0 unspecified atom stereocenters. The van der Waals surface area contributed by atoms with E-state index in [-0.39, 0.29) is 22.8 Å². The molecule has 0 bridgehead atoms. The second-order valence-electron chi connectivity index (χ2n) is 3.69. The summed E-state index contributed by atoms with van der Waals surface area (Å²) in [6, 6.07) is 2.72. The zero-order chi connectivity index (χ0) is 12.1. The number of allylic oxidation sites excluding steroid dienone is 2. The summed E-state index contributed by atoms with van der Waals surface area (Å²) in [6.07, 6.45) is 4.81. The first-order valence-electron chi connectivity index (χ1n) is 5.23. The van der Waals surface area contributed by atoms with E-state index < -0.39 is 0 Å². The molecule has 0 aliphatic heterocycles. The van der Waals surface area contributed by atoms with Crippen molar-refractivity contribution < 1.29 is 15.0 Å². The van der Waals surface area contributed by atoms with E-state index in [0.29, 0.717) is 18.4 Å². The van der Waals surface area contributed by atoms with Gasteiger partial charge in [-0.2, -0.15) is 0 Å². The number of rotatable bonds is 4. The molecule has 0 saturated carbocycles. The number of benzene rings is 1. The average molecular weight is 220 g/mol. The van der Waals surface area contributed by atoms with Crippen molar-refractivity contribution in [2.24, 2.45) is 0 Å². The molecule has 0 aromatic heterocycles. The average Bonchev–Trinajstić information content (AvgIpc) is 2.23. The molecule has 0 atom stereocenters. The minimum Gasteiger partial charge on any atom is -0.508 e. The van der Waals surface area contributed by atoms with Crippen molar-refractivity contribution in [3.8, 4) is 11.5 Å². The molecule has 3 nitrogen and oxygen atoms in total. The van der Waals surface area contributed by atoms with E-state index in [1.165, 1.54) is 12.1 Å². The van der Waals surface area contributed by atoms with E-state index in [2.05, 4.69) is 0 Å². The van der Waals surface area contributed by atoms with Crippen LogP contribution in [-0.2, 0) is 0 Å². The number of ketones is 1. The van der Waals surface area contributed by atoms with Crippen LogP contribution >= 0.6 is 0 Å². The lowest BCUT2D eigenvalue weighted by Gasteiger charge is -2.06. The third kappa shape index (κ3) is 2.86. The van der Waals surface area contributed by atoms with Gasteiger partial charge in [-0.05, 0) is 31.9 Å². The first-order chi connectivity index (χ1) is 7.56. The number of aryl methyl sites for hydroxylation is 1. The van der Waals surface area contributed by atoms with Gasteiger partial charge in [0.2, 0.25) is 0 Å². The molecule has 1 rings (SSSR count). The Kier molecular flexibility index (Phi) is 4.11. The number of phenols is 2. The zero-order valence-electron chi connectivity index (χ0n) is 9.53. The van der Waals surface area contributed by atoms with Gasteiger partial charge in [0.05, 0.1) is 5.56 Å². The molecule has 3 heteroatoms. The van der Waals surface area contributed by atoms with Crippen LogP contribution in [0.1, 0.15) is 35.7 Å². The van der Waals surface area contributed by atoms with Gasteiger partial charge in [0.15, 0.2) is 5.78 Å². The molecule has 0 fully saturated rings. The monoisotopic (exact) mass is 220 g/mol. The van der Waals surface area contributed by atoms with E-state index in [4.69, 9.17) is 0 Å². The molecule has 0 heterocycles. The smallest absolute Gasteiger partial charge is 0.166 e. The fourth-order valence-corrected chi connectivity index (χ4v) is 1.42. The number of carbonyl (C=O) groups excluding carboxylic acids is 1. The molecule has 1 aromatic carbocycles. The van der Waals surface area contributed by atoms with Gasteiger partial charge in [-0.25, -0.2) is 0 Å². The van der Waals surface area contributed by atoms with E-state index in [9.17, 15) is 15.0 Å². The van der Waals surface area contributed by atoms with Crippen LogP contribution in [0.5, 0.6) is 11.5 Å². The summed E-state index contributed by atoms with van der Waals surface area (Å²) >= 11 is 0. The second kappa shape index (κ2) is 5.35. The van der Waals surface area contributed by atoms with Gasteiger partial charge in [-0.15, -0.1) is 0 Å². The van der Waals surface area contributed by atoms with Crippen LogP contribution in [-0.4, -0.2) is 16.0 Å². The molecular formula is C13H16O3. The number of hydrogen-bond donors (Lipinski definition) is 2. The summed E-state index contributed by atoms with van der Waals surface area (Å²) in [5.41, 5.74) is 0.868. The van der Waals surface area contributed by atoms with Gasteiger partial charge < -0.3 is 10.2 Å². The van der Waals surface area contributed by atoms with Crippen molar-refractivity contribution in [1.82, 2.24) is 0 Å². The highest BCUT2D eigenvalue weighted by Crippen LogP contribution is 2.27. The van der Waals surface area contributed by atoms with Crippen LogP contribution in [0.2, 0.25) is 0 Å². The zero-order valence-corrected chi connectivity index (χ0v) is 9.53. The molecule has 16 heavy (non-hydrogen) atoms. The van der Waals surface area contributed by atoms with Crippen molar-refractivity contribution >= 4 is 5.78 Å². The quantitative estimate of drug-likeness (QED) is 0.606. The third-order valence-corrected chi connectivity index (χ3v) is 2.39. The molecule has 0 aliphatic carbocycles. The summed E-state index contributed by atoms with van der Waals surface area (Å²) in [4.78, 5) is 11.7. The first-order valence-corrected chi connectivity index (χ1v) is 5.23. The molecule has 0 spiro atoms. The van der Waals surface area contributed by atoms with Gasteiger partial charge in [0, 0.05) is 12.5 Å². The number of Topliss-reactive ketones (excluding diaryl/α,β-unsaturated/α-hetero) is 1. The lowest BCUT2D eigenvalue weighted by Crippen LogP contribution is -1.99. The predicted octanol–water partition coefficient (Wildman–Crippen LogP) is 2.95. The highest BCUT2D eigenvalue weighted by atomic mass is 16.3. The van der Waals surface area contributed by atoms with Gasteiger partial charge in [-0.1, -0.05) is 12.2 Å². The summed E-state index contributed by atoms with van der Waals surface area (Å²) in [7, 11) is 0. The lowest BCUT2D eigenvalue weighted by molar-refractivity contribution is 0.0981. The molecule has 2 N–H and O–H groups in total. The first kappa shape index (κ1) is 12.3. The minimum absolute atomic E-state index is 0.00232. The minimum atomic E-state index is -0.159. The Balaban J connectivity index is 2.87. The summed E-state index contributed by atoms with van der Waals surface area (Å²) in [5, 5.41) is 18.9. The lowest BCUT2D eigenvalue weighted by atomic mass is 10.0. The van der Waals surface area contributed by atoms with Gasteiger partial charge >= 0.3 is 0 Å². The Morgan fingerprint density at radius 2 is 2.00 bits per heavy atom. The standard InChI is InChI=1S/C13H16O3/c1-3-4-5-6-11(14)10-7-9(2)12(15)8-13(10)16/h3-4,7-8,15-16H,5-6H2,1-2H3/b4-3+. The Bertz CT molecular complexity index is 419. The number of phenolic OH excluding ortho intramolecular Hbond substituents is 2. The van der Waals surface area contributed by atoms with Gasteiger partial charge in [-0.3, -0.25) is 4.79 Å². The van der Waals surface area contributed by atoms with Crippen molar-refractivity contribution in [2.45, 2.75) is 26.7 Å². The van der Waals surface area contributed by atoms with Crippen molar-refractivity contribution in [1.29, 1.82) is 0 Å². The second-order valence-corrected chi connectivity index (χ2v) is 3.69. The Morgan fingerprint density at radius 3 is 2.62 bits per heavy atom. The van der Waals surface area contributed by atoms with Crippen LogP contribution < -0.4 is 0 Å². The highest BCUT2D eigenvalue weighted by molar-refractivity contribution is 5.99. The van der Waals surface area contributed by atoms with E-state index >= 15 is 0 Å². The normalized spacial score (nSPS) is 10.9. The molecule has 86 valence electrons. The predicted molar refractivity (Wildman–Crippen MR) is 62.9 cm³/mol. The Hall–Kier alpha value is -1.77. The molecular weight excluding hydrogens is 204 g/mol. The molecule has 0 saturated heterocycles. The Morgan fingerprint density at radius 1 is 1.31 bits per heavy atom. The Labute approximate surface area is 95.0 Å². The third-order valence-electron chi connectivity index (χ3n) is 2.39. The van der Waals surface area contributed by atoms with Crippen molar-refractivity contribution in [3.05, 3.63) is 35.4 Å². The van der Waals surface area contributed by atoms with E-state index in [1.54, 1.807) is 6.92 Å². The van der Waals surface area contributed by atoms with Gasteiger partial charge in [0.25, 0.3) is 0 Å². The van der Waals surface area contributed by atoms with Crippen LogP contribution in [0.25, 0.3) is 0 Å². The van der Waals surface area contributed by atoms with E-state index in [1.807, 2.05) is 19.1 Å². The largest absolute Gasteiger partial charge is 0.508 e. The van der Waals surface area contributed by atoms with Gasteiger partial charge in [0.1, 0.15) is 11.5 Å². The van der Waals surface area contributed by atoms with Crippen LogP contribution in [0.3, 0.4) is 0 Å². The maximum atomic E-state index is 11.7. The summed E-state index contributed by atoms with van der Waals surface area (Å²) in [5.74, 6) is -0.269. The topological polar surface area (TPSA) is 57.5 Å². The van der Waals surface area contributed by atoms with Crippen molar-refractivity contribution in [3.63, 3.8) is 0 Å². The molecule has 0 aliphatic rings. The molecule has 0 radical (unpaired) electrons. The summed E-state index contributed by atoms with van der Waals surface area (Å²) < 4.78 is 0. The van der Waals surface area contributed by atoms with Crippen LogP contribution in [0.15, 0.2) is 24.3 Å². The number of carbonyl (C=O) groups is 1. The van der Waals surface area contributed by atoms with Crippen molar-refractivity contribution in [2.75, 3.05) is 0 Å².